The highest BCUT2D eigenvalue weighted by Crippen LogP contribution is 2.38. The molecule has 0 aliphatic heterocycles. The predicted octanol–water partition coefficient (Wildman–Crippen LogP) is 3.39. The van der Waals surface area contributed by atoms with Gasteiger partial charge in [0.15, 0.2) is 0 Å². The molecule has 0 fully saturated rings. The van der Waals surface area contributed by atoms with Gasteiger partial charge in [0, 0.05) is 21.7 Å². The van der Waals surface area contributed by atoms with E-state index in [1.807, 2.05) is 6.92 Å². The van der Waals surface area contributed by atoms with Crippen molar-refractivity contribution in [3.05, 3.63) is 29.1 Å². The maximum Gasteiger partial charge on any atom is 0.417 e. The summed E-state index contributed by atoms with van der Waals surface area (Å²) in [6, 6.07) is 1.23. The van der Waals surface area contributed by atoms with Gasteiger partial charge < -0.3 is 0 Å². The minimum absolute atomic E-state index is 0.0112. The van der Waals surface area contributed by atoms with E-state index in [4.69, 9.17) is 0 Å². The molecule has 0 saturated carbocycles. The van der Waals surface area contributed by atoms with Gasteiger partial charge in [-0.3, -0.25) is 4.98 Å². The van der Waals surface area contributed by atoms with Crippen LogP contribution in [0.4, 0.5) is 13.2 Å². The molecule has 1 aromatic heterocycles. The largest absolute Gasteiger partial charge is 0.417 e. The number of rotatable bonds is 0. The van der Waals surface area contributed by atoms with Crippen molar-refractivity contribution in [2.45, 2.75) is 29.4 Å². The molecule has 1 nitrogen and oxygen atoms in total. The molecule has 2 rings (SSSR count). The Balaban J connectivity index is 2.39. The topological polar surface area (TPSA) is 12.9 Å². The van der Waals surface area contributed by atoms with Crippen LogP contribution in [0.1, 0.15) is 23.7 Å². The van der Waals surface area contributed by atoms with Crippen LogP contribution < -0.4 is 0 Å². The minimum atomic E-state index is -4.29. The summed E-state index contributed by atoms with van der Waals surface area (Å²) in [5.74, 6) is 0. The van der Waals surface area contributed by atoms with Crippen molar-refractivity contribution in [1.82, 2.24) is 4.98 Å². The summed E-state index contributed by atoms with van der Waals surface area (Å²) in [4.78, 5) is 3.90. The summed E-state index contributed by atoms with van der Waals surface area (Å²) in [6.45, 7) is 2.03. The van der Waals surface area contributed by atoms with Gasteiger partial charge in [0.05, 0.1) is 5.56 Å². The third-order valence-electron chi connectivity index (χ3n) is 2.48. The predicted molar refractivity (Wildman–Crippen MR) is 59.1 cm³/mol. The average Bonchev–Trinajstić information content (AvgIpc) is 2.34. The minimum Gasteiger partial charge on any atom is -0.260 e. The van der Waals surface area contributed by atoms with Gasteiger partial charge >= 0.3 is 6.18 Å². The summed E-state index contributed by atoms with van der Waals surface area (Å²) in [7, 11) is 0. The number of nitrogens with zero attached hydrogens (tertiary/aromatic N) is 1. The monoisotopic (exact) mass is 327 g/mol. The Labute approximate surface area is 99.2 Å². The Bertz CT molecular complexity index is 398. The SMILES string of the molecule is CC1(I)Cc2cc(C(F)(F)F)cnc2C1. The highest BCUT2D eigenvalue weighted by Gasteiger charge is 2.36. The zero-order valence-electron chi connectivity index (χ0n) is 8.03. The second-order valence-electron chi connectivity index (χ2n) is 4.09. The van der Waals surface area contributed by atoms with Crippen molar-refractivity contribution < 1.29 is 13.2 Å². The van der Waals surface area contributed by atoms with Crippen LogP contribution in [-0.4, -0.2) is 8.41 Å². The fourth-order valence-corrected chi connectivity index (χ4v) is 2.59. The molecule has 0 bridgehead atoms. The Hall–Kier alpha value is -0.330. The standard InChI is InChI=1S/C10H9F3IN/c1-9(14)3-6-2-7(10(11,12)13)5-15-8(6)4-9/h2,5H,3-4H2,1H3. The molecule has 0 N–H and O–H groups in total. The molecular weight excluding hydrogens is 318 g/mol. The number of alkyl halides is 4. The molecule has 1 atom stereocenters. The Morgan fingerprint density at radius 2 is 2.07 bits per heavy atom. The molecule has 0 radical (unpaired) electrons. The molecule has 1 unspecified atom stereocenters. The number of aromatic nitrogens is 1. The quantitative estimate of drug-likeness (QED) is 0.526. The smallest absolute Gasteiger partial charge is 0.260 e. The second-order valence-corrected chi connectivity index (χ2v) is 6.70. The fourth-order valence-electron chi connectivity index (χ4n) is 1.81. The van der Waals surface area contributed by atoms with E-state index >= 15 is 0 Å². The van der Waals surface area contributed by atoms with Crippen LogP contribution >= 0.6 is 22.6 Å². The van der Waals surface area contributed by atoms with Crippen LogP contribution in [0.15, 0.2) is 12.3 Å². The van der Waals surface area contributed by atoms with E-state index in [9.17, 15) is 13.2 Å². The zero-order valence-corrected chi connectivity index (χ0v) is 10.2. The van der Waals surface area contributed by atoms with Gasteiger partial charge in [-0.15, -0.1) is 0 Å². The number of hydrogen-bond donors (Lipinski definition) is 0. The van der Waals surface area contributed by atoms with E-state index < -0.39 is 11.7 Å². The van der Waals surface area contributed by atoms with Gasteiger partial charge in [-0.05, 0) is 25.0 Å². The number of halogens is 4. The van der Waals surface area contributed by atoms with Crippen molar-refractivity contribution >= 4 is 22.6 Å². The van der Waals surface area contributed by atoms with Crippen molar-refractivity contribution in [2.24, 2.45) is 0 Å². The summed E-state index contributed by atoms with van der Waals surface area (Å²) < 4.78 is 37.2. The molecule has 1 aliphatic rings. The molecule has 0 aromatic carbocycles. The molecule has 1 heterocycles. The van der Waals surface area contributed by atoms with Gasteiger partial charge in [0.25, 0.3) is 0 Å². The number of pyridine rings is 1. The Kier molecular flexibility index (Phi) is 2.48. The first-order valence-corrected chi connectivity index (χ1v) is 5.60. The van der Waals surface area contributed by atoms with Crippen LogP contribution in [-0.2, 0) is 19.0 Å². The summed E-state index contributed by atoms with van der Waals surface area (Å²) >= 11 is 2.27. The Morgan fingerprint density at radius 3 is 2.67 bits per heavy atom. The molecule has 0 spiro atoms. The summed E-state index contributed by atoms with van der Waals surface area (Å²) in [5, 5.41) is 0. The first-order chi connectivity index (χ1) is 6.78. The van der Waals surface area contributed by atoms with Gasteiger partial charge in [-0.25, -0.2) is 0 Å². The van der Waals surface area contributed by atoms with Crippen LogP contribution in [0.3, 0.4) is 0 Å². The van der Waals surface area contributed by atoms with E-state index in [2.05, 4.69) is 27.6 Å². The second kappa shape index (κ2) is 3.33. The fraction of sp³-hybridized carbons (Fsp3) is 0.500. The third-order valence-corrected chi connectivity index (χ3v) is 3.25. The lowest BCUT2D eigenvalue weighted by atomic mass is 10.1. The van der Waals surface area contributed by atoms with E-state index in [0.717, 1.165) is 23.9 Å². The van der Waals surface area contributed by atoms with E-state index in [0.29, 0.717) is 6.42 Å². The van der Waals surface area contributed by atoms with E-state index in [1.54, 1.807) is 0 Å². The van der Waals surface area contributed by atoms with Crippen LogP contribution in [0.2, 0.25) is 0 Å². The Morgan fingerprint density at radius 1 is 1.40 bits per heavy atom. The maximum absolute atomic E-state index is 12.4. The van der Waals surface area contributed by atoms with Crippen molar-refractivity contribution in [3.63, 3.8) is 0 Å². The van der Waals surface area contributed by atoms with Gasteiger partial charge in [0.1, 0.15) is 0 Å². The van der Waals surface area contributed by atoms with Crippen molar-refractivity contribution in [2.75, 3.05) is 0 Å². The van der Waals surface area contributed by atoms with Crippen LogP contribution in [0.25, 0.3) is 0 Å². The van der Waals surface area contributed by atoms with Crippen LogP contribution in [0, 0.1) is 0 Å². The first-order valence-electron chi connectivity index (χ1n) is 4.52. The summed E-state index contributed by atoms with van der Waals surface area (Å²) in [6.07, 6.45) is -1.94. The molecule has 15 heavy (non-hydrogen) atoms. The molecule has 0 saturated heterocycles. The molecule has 5 heteroatoms. The van der Waals surface area contributed by atoms with Crippen molar-refractivity contribution in [3.8, 4) is 0 Å². The van der Waals surface area contributed by atoms with Gasteiger partial charge in [-0.2, -0.15) is 13.2 Å². The maximum atomic E-state index is 12.4. The highest BCUT2D eigenvalue weighted by molar-refractivity contribution is 14.1. The lowest BCUT2D eigenvalue weighted by Gasteiger charge is -2.11. The molecular formula is C10H9F3IN. The highest BCUT2D eigenvalue weighted by atomic mass is 127. The van der Waals surface area contributed by atoms with Crippen LogP contribution in [0.5, 0.6) is 0 Å². The molecule has 1 aliphatic carbocycles. The lowest BCUT2D eigenvalue weighted by Crippen LogP contribution is -2.14. The number of hydrogen-bond acceptors (Lipinski definition) is 1. The summed E-state index contributed by atoms with van der Waals surface area (Å²) in [5.41, 5.74) is 0.900. The third kappa shape index (κ3) is 2.26. The zero-order chi connectivity index (χ0) is 11.3. The molecule has 82 valence electrons. The number of fused-ring (bicyclic) bond motifs is 1. The van der Waals surface area contributed by atoms with Crippen molar-refractivity contribution in [1.29, 1.82) is 0 Å². The first kappa shape index (κ1) is 11.2. The lowest BCUT2D eigenvalue weighted by molar-refractivity contribution is -0.137. The van der Waals surface area contributed by atoms with E-state index in [-0.39, 0.29) is 3.42 Å². The molecule has 0 amide bonds. The molecule has 1 aromatic rings. The average molecular weight is 327 g/mol. The normalized spacial score (nSPS) is 25.4. The van der Waals surface area contributed by atoms with Gasteiger partial charge in [0.2, 0.25) is 0 Å². The van der Waals surface area contributed by atoms with E-state index in [1.165, 1.54) is 6.07 Å². The van der Waals surface area contributed by atoms with Gasteiger partial charge in [-0.1, -0.05) is 22.6 Å².